The largest absolute Gasteiger partial charge is 0.472 e. The maximum Gasteiger partial charge on any atom is 0.472 e. The third kappa shape index (κ3) is 19.9. The molecule has 9 rings (SSSR count). The fraction of sp³-hybridized carbons (Fsp3) is 0.733. The van der Waals surface area contributed by atoms with Gasteiger partial charge in [0.25, 0.3) is 0 Å². The van der Waals surface area contributed by atoms with E-state index in [4.69, 9.17) is 95.8 Å². The lowest BCUT2D eigenvalue weighted by Crippen LogP contribution is -2.50. The zero-order valence-electron chi connectivity index (χ0n) is 63.9. The number of phosphoric ester groups is 4. The Labute approximate surface area is 627 Å². The van der Waals surface area contributed by atoms with E-state index in [2.05, 4.69) is 19.9 Å². The van der Waals surface area contributed by atoms with Gasteiger partial charge in [-0.05, 0) is 96.8 Å². The second kappa shape index (κ2) is 31.5. The van der Waals surface area contributed by atoms with Crippen molar-refractivity contribution in [1.29, 1.82) is 0 Å². The molecule has 0 radical (unpaired) electrons. The number of fused-ring (bicyclic) bond motifs is 4. The highest BCUT2D eigenvalue weighted by molar-refractivity contribution is 7.48. The number of rotatable bonds is 12. The molecular formula is C60H104N12O28P4Si4. The zero-order valence-corrected chi connectivity index (χ0v) is 71.5. The predicted molar refractivity (Wildman–Crippen MR) is 398 cm³/mol. The van der Waals surface area contributed by atoms with Crippen LogP contribution in [0.15, 0.2) is 68.2 Å². The van der Waals surface area contributed by atoms with E-state index in [1.54, 1.807) is 52.4 Å². The van der Waals surface area contributed by atoms with Gasteiger partial charge in [0.1, 0.15) is 96.5 Å². The molecule has 0 aromatic carbocycles. The van der Waals surface area contributed by atoms with Crippen molar-refractivity contribution in [3.63, 3.8) is 0 Å². The molecule has 0 aliphatic carbocycles. The Kier molecular flexibility index (Phi) is 25.6. The maximum absolute atomic E-state index is 15.3. The summed E-state index contributed by atoms with van der Waals surface area (Å²) >= 11 is 0. The molecule has 5 fully saturated rings. The quantitative estimate of drug-likeness (QED) is 0.0553. The zero-order chi connectivity index (χ0) is 80.8. The molecule has 20 atom stereocenters. The van der Waals surface area contributed by atoms with E-state index in [1.807, 2.05) is 83.1 Å². The number of phosphoric acid groups is 4. The van der Waals surface area contributed by atoms with E-state index >= 15 is 18.3 Å². The molecule has 40 nitrogen and oxygen atoms in total. The molecule has 5 aliphatic rings. The minimum atomic E-state index is -5.80. The normalized spacial score (nSPS) is 34.4. The molecule has 108 heavy (non-hydrogen) atoms. The molecule has 0 amide bonds. The summed E-state index contributed by atoms with van der Waals surface area (Å²) in [5, 5.41) is -2.72. The molecule has 4 aromatic heterocycles. The van der Waals surface area contributed by atoms with E-state index in [0.717, 1.165) is 18.3 Å². The minimum Gasteiger partial charge on any atom is -0.407 e. The molecule has 12 N–H and O–H groups in total. The molecular weight excluding hydrogens is 1570 g/mol. The van der Waals surface area contributed by atoms with Gasteiger partial charge < -0.3 is 79.2 Å². The predicted octanol–water partition coefficient (Wildman–Crippen LogP) is 6.52. The molecule has 0 spiro atoms. The number of ether oxygens (including phenoxy) is 4. The molecule has 4 unspecified atom stereocenters. The lowest BCUT2D eigenvalue weighted by atomic mass is 10.1. The third-order valence-electron chi connectivity index (χ3n) is 21.2. The van der Waals surface area contributed by atoms with Gasteiger partial charge in [0.15, 0.2) is 58.2 Å². The summed E-state index contributed by atoms with van der Waals surface area (Å²) in [7, 11) is -36.1. The summed E-state index contributed by atoms with van der Waals surface area (Å²) in [5.41, 5.74) is 19.7. The summed E-state index contributed by atoms with van der Waals surface area (Å²) < 4.78 is 166. The van der Waals surface area contributed by atoms with E-state index in [9.17, 15) is 38.8 Å². The van der Waals surface area contributed by atoms with Crippen LogP contribution in [0.3, 0.4) is 0 Å². The van der Waals surface area contributed by atoms with Gasteiger partial charge in [-0.3, -0.25) is 54.5 Å². The van der Waals surface area contributed by atoms with Gasteiger partial charge in [0.2, 0.25) is 0 Å². The number of anilines is 4. The van der Waals surface area contributed by atoms with Crippen LogP contribution >= 0.6 is 31.3 Å². The molecule has 0 saturated carbocycles. The second-order valence-corrected chi connectivity index (χ2v) is 57.8. The third-order valence-corrected chi connectivity index (χ3v) is 43.1. The Morgan fingerprint density at radius 1 is 0.361 bits per heavy atom. The Balaban J connectivity index is 1.24. The Hall–Kier alpha value is -4.29. The second-order valence-electron chi connectivity index (χ2n) is 33.1. The van der Waals surface area contributed by atoms with Crippen molar-refractivity contribution in [2.24, 2.45) is 0 Å². The smallest absolute Gasteiger partial charge is 0.407 e. The van der Waals surface area contributed by atoms with Gasteiger partial charge in [0, 0.05) is 24.8 Å². The fourth-order valence-electron chi connectivity index (χ4n) is 11.2. The topological polar surface area (TPSA) is 541 Å². The van der Waals surface area contributed by atoms with Crippen molar-refractivity contribution in [3.8, 4) is 0 Å². The van der Waals surface area contributed by atoms with E-state index in [0.29, 0.717) is 0 Å². The first-order valence-electron chi connectivity index (χ1n) is 34.6. The molecule has 4 aromatic rings. The lowest BCUT2D eigenvalue weighted by Gasteiger charge is -2.41. The van der Waals surface area contributed by atoms with Gasteiger partial charge in [-0.15, -0.1) is 0 Å². The molecule has 0 bridgehead atoms. The lowest BCUT2D eigenvalue weighted by molar-refractivity contribution is -0.0682. The molecule has 5 aliphatic heterocycles. The molecule has 9 heterocycles. The van der Waals surface area contributed by atoms with Gasteiger partial charge in [0.05, 0.1) is 26.4 Å². The van der Waals surface area contributed by atoms with Crippen molar-refractivity contribution >= 4 is 87.8 Å². The standard InChI is InChI=1S/C60H104N12O28P4Si4/c1-57(2,3)105(13,14)97-45-41-33(89-49(45)69-25-21-37(61)65-53(69)73)29-85-102(79,80)94-43-35(91-51(71-27-23-39(63)67-55(71)75)47(43)99-107(17,18)59(7,8)9)31-87-104(83,84)96-44-36(92-52(72-28-24-40(64)68-56(72)76)48(44)100-108(19,20)60(10,11)12)32-88-103(81,82)95-42-34(30-86-101(77,78)93-41)90-50(70-26-22-38(62)66-54(70)74)46(42)98-106(15,16)58(4,5)6/h21-28,33-36,41-52H,29-32H2,1-20H3,(H,77,78)(H,79,80)(H,81,82)(H,83,84)(H2,61,65,73)(H2,62,66,74)(H2,63,67,75)(H2,64,68,76)/t33-,34-,35-,36-,41-,42-,43-,44-,45-,46-,47-,48-,49-,50-,51-,52-/m1/s1. The van der Waals surface area contributed by atoms with Crippen LogP contribution in [0.5, 0.6) is 0 Å². The first kappa shape index (κ1) is 87.7. The van der Waals surface area contributed by atoms with Crippen LogP contribution in [-0.4, -0.2) is 191 Å². The number of hydrogen-bond donors (Lipinski definition) is 8. The van der Waals surface area contributed by atoms with Crippen LogP contribution in [0.4, 0.5) is 23.3 Å². The van der Waals surface area contributed by atoms with Crippen LogP contribution in [-0.2, 0) is 91.1 Å². The average Bonchev–Trinajstić information content (AvgIpc) is 1.62. The number of nitrogen functional groups attached to an aromatic ring is 4. The van der Waals surface area contributed by atoms with Crippen LogP contribution in [0, 0.1) is 0 Å². The highest BCUT2D eigenvalue weighted by atomic mass is 31.2. The Bertz CT molecular complexity index is 3840. The average molecular weight is 1680 g/mol. The van der Waals surface area contributed by atoms with Gasteiger partial charge >= 0.3 is 54.0 Å². The van der Waals surface area contributed by atoms with E-state index in [1.165, 1.54) is 49.1 Å². The van der Waals surface area contributed by atoms with Crippen molar-refractivity contribution in [2.45, 2.75) is 254 Å². The first-order valence-corrected chi connectivity index (χ1v) is 52.2. The SMILES string of the molecule is CC(C)(C)[Si](C)(C)O[C@@H]1[C@@H]2OP(=O)(O)OC[C@H]3O[C@@H](n4ccc(N)nc4=O)[C@H](O[Si](C)(C)C(C)(C)C)[C@@H]3OP(=O)(O)OC[C@H]3O[C@@H](n4ccc(N)nc4=O)[C@H](O[Si](C)(C)C(C)(C)C)[C@@H]3OP(=O)(O)OC[C@H]3O[C@@H](n4ccc(N)nc4=O)[C@H](O[Si](C)(C)C(C)(C)C)[C@@H]3OP(=O)(O)OC[C@H]2O[C@H]1n1ccc(N)nc1=O. The molecule has 48 heteroatoms. The van der Waals surface area contributed by atoms with Crippen molar-refractivity contribution in [3.05, 3.63) is 91.0 Å². The van der Waals surface area contributed by atoms with Crippen molar-refractivity contribution in [2.75, 3.05) is 49.4 Å². The van der Waals surface area contributed by atoms with Gasteiger partial charge in [-0.2, -0.15) is 19.9 Å². The van der Waals surface area contributed by atoms with Crippen molar-refractivity contribution < 1.29 is 111 Å². The van der Waals surface area contributed by atoms with Gasteiger partial charge in [-0.1, -0.05) is 83.1 Å². The maximum atomic E-state index is 15.3. The highest BCUT2D eigenvalue weighted by Crippen LogP contribution is 2.59. The van der Waals surface area contributed by atoms with Crippen LogP contribution < -0.4 is 45.7 Å². The van der Waals surface area contributed by atoms with E-state index in [-0.39, 0.29) is 23.3 Å². The van der Waals surface area contributed by atoms with Crippen LogP contribution in [0.2, 0.25) is 72.5 Å². The molecule has 5 saturated heterocycles. The summed E-state index contributed by atoms with van der Waals surface area (Å²) in [6, 6.07) is 4.96. The number of aromatic nitrogens is 8. The van der Waals surface area contributed by atoms with E-state index < -0.39 is 232 Å². The first-order chi connectivity index (χ1) is 49.2. The monoisotopic (exact) mass is 1680 g/mol. The highest BCUT2D eigenvalue weighted by Gasteiger charge is 2.61. The fourth-order valence-corrected chi connectivity index (χ4v) is 20.2. The molecule has 608 valence electrons. The number of nitrogens with two attached hydrogens (primary N) is 4. The Morgan fingerprint density at radius 3 is 0.676 bits per heavy atom. The summed E-state index contributed by atoms with van der Waals surface area (Å²) in [6.45, 7) is 31.9. The Morgan fingerprint density at radius 2 is 0.528 bits per heavy atom. The minimum absolute atomic E-state index is 0.220. The summed E-state index contributed by atoms with van der Waals surface area (Å²) in [4.78, 5) is 121. The van der Waals surface area contributed by atoms with Crippen molar-refractivity contribution in [1.82, 2.24) is 38.2 Å². The van der Waals surface area contributed by atoms with Gasteiger partial charge in [-0.25, -0.2) is 37.4 Å². The number of nitrogens with zero attached hydrogens (tertiary/aromatic N) is 8. The van der Waals surface area contributed by atoms with Crippen LogP contribution in [0.25, 0.3) is 0 Å². The number of hydrogen-bond acceptors (Lipinski definition) is 32. The summed E-state index contributed by atoms with van der Waals surface area (Å²) in [5.74, 6) is -0.880. The van der Waals surface area contributed by atoms with Crippen LogP contribution in [0.1, 0.15) is 108 Å². The summed E-state index contributed by atoms with van der Waals surface area (Å²) in [6.07, 6.45) is -24.3.